The highest BCUT2D eigenvalue weighted by Gasteiger charge is 2.22. The van der Waals surface area contributed by atoms with E-state index in [1.165, 1.54) is 12.1 Å². The number of ether oxygens (including phenoxy) is 2. The second-order valence-corrected chi connectivity index (χ2v) is 10.00. The zero-order chi connectivity index (χ0) is 28.8. The topological polar surface area (TPSA) is 111 Å². The summed E-state index contributed by atoms with van der Waals surface area (Å²) in [7, 11) is 1.55. The van der Waals surface area contributed by atoms with Gasteiger partial charge < -0.3 is 13.9 Å². The molecular weight excluding hydrogens is 633 g/mol. The summed E-state index contributed by atoms with van der Waals surface area (Å²) in [4.78, 5) is 15.0. The Kier molecular flexibility index (Phi) is 8.41. The smallest absolute Gasteiger partial charge is 0.269 e. The van der Waals surface area contributed by atoms with Gasteiger partial charge in [-0.25, -0.2) is 4.99 Å². The van der Waals surface area contributed by atoms with Crippen LogP contribution in [-0.2, 0) is 6.61 Å². The number of benzene rings is 4. The van der Waals surface area contributed by atoms with E-state index in [1.54, 1.807) is 31.5 Å². The first-order valence-corrected chi connectivity index (χ1v) is 13.5. The maximum Gasteiger partial charge on any atom is 0.269 e. The van der Waals surface area contributed by atoms with Gasteiger partial charge in [0, 0.05) is 29.5 Å². The van der Waals surface area contributed by atoms with Crippen molar-refractivity contribution in [3.05, 3.63) is 127 Å². The Hall–Kier alpha value is -4.95. The maximum atomic E-state index is 10.9. The van der Waals surface area contributed by atoms with Gasteiger partial charge in [-0.2, -0.15) is 5.26 Å². The highest BCUT2D eigenvalue weighted by Crippen LogP contribution is 2.42. The summed E-state index contributed by atoms with van der Waals surface area (Å²) in [5.74, 6) is 1.81. The van der Waals surface area contributed by atoms with Crippen molar-refractivity contribution < 1.29 is 18.8 Å². The Bertz CT molecular complexity index is 1760. The van der Waals surface area contributed by atoms with Gasteiger partial charge in [-0.3, -0.25) is 10.1 Å². The van der Waals surface area contributed by atoms with Crippen molar-refractivity contribution in [3.63, 3.8) is 0 Å². The normalized spacial score (nSPS) is 10.9. The summed E-state index contributed by atoms with van der Waals surface area (Å²) in [6.45, 7) is 0.209. The van der Waals surface area contributed by atoms with Gasteiger partial charge in [-0.15, -0.1) is 0 Å². The number of aliphatic imine (C=N–C) groups is 1. The van der Waals surface area contributed by atoms with E-state index in [4.69, 9.17) is 13.9 Å². The SMILES string of the molecule is COc1cc(C=Nc2oc(-c3ccccc3)c(-c3ccccc3)c2C#N)cc(I)c1OCc1ccc([N+](=O)[O-])cc1. The molecule has 0 fully saturated rings. The van der Waals surface area contributed by atoms with E-state index in [-0.39, 0.29) is 18.2 Å². The van der Waals surface area contributed by atoms with Gasteiger partial charge in [-0.05, 0) is 63.5 Å². The molecule has 0 saturated carbocycles. The van der Waals surface area contributed by atoms with Crippen LogP contribution in [0.15, 0.2) is 106 Å². The van der Waals surface area contributed by atoms with Gasteiger partial charge in [0.15, 0.2) is 11.5 Å². The first-order valence-electron chi connectivity index (χ1n) is 12.4. The summed E-state index contributed by atoms with van der Waals surface area (Å²) >= 11 is 2.15. The molecule has 0 spiro atoms. The monoisotopic (exact) mass is 655 g/mol. The number of non-ortho nitro benzene ring substituents is 1. The minimum absolute atomic E-state index is 0.0208. The second kappa shape index (κ2) is 12.5. The van der Waals surface area contributed by atoms with E-state index in [0.717, 1.165) is 25.8 Å². The Morgan fingerprint density at radius 3 is 2.27 bits per heavy atom. The van der Waals surface area contributed by atoms with Crippen LogP contribution < -0.4 is 9.47 Å². The number of nitrogens with zero attached hydrogens (tertiary/aromatic N) is 3. The molecule has 202 valence electrons. The fourth-order valence-electron chi connectivity index (χ4n) is 4.24. The standard InChI is InChI=1S/C32H22IN3O5/c1-39-28-17-22(16-27(33)31(28)40-20-21-12-14-25(15-13-21)36(37)38)19-35-32-26(18-34)29(23-8-4-2-5-9-23)30(41-32)24-10-6-3-7-11-24/h2-17,19H,20H2,1H3. The van der Waals surface area contributed by atoms with Gasteiger partial charge in [-0.1, -0.05) is 60.7 Å². The fourth-order valence-corrected chi connectivity index (χ4v) is 5.02. The molecule has 0 radical (unpaired) electrons. The van der Waals surface area contributed by atoms with Gasteiger partial charge in [0.25, 0.3) is 5.69 Å². The van der Waals surface area contributed by atoms with Crippen molar-refractivity contribution >= 4 is 40.4 Å². The molecule has 41 heavy (non-hydrogen) atoms. The summed E-state index contributed by atoms with van der Waals surface area (Å²) in [6.07, 6.45) is 1.62. The number of hydrogen-bond acceptors (Lipinski definition) is 7. The van der Waals surface area contributed by atoms with Gasteiger partial charge in [0.2, 0.25) is 5.88 Å². The van der Waals surface area contributed by atoms with E-state index < -0.39 is 4.92 Å². The third-order valence-electron chi connectivity index (χ3n) is 6.21. The number of halogens is 1. The summed E-state index contributed by atoms with van der Waals surface area (Å²) < 4.78 is 18.6. The predicted molar refractivity (Wildman–Crippen MR) is 165 cm³/mol. The maximum absolute atomic E-state index is 10.9. The molecule has 0 amide bonds. The molecule has 0 aliphatic carbocycles. The lowest BCUT2D eigenvalue weighted by Gasteiger charge is -2.13. The van der Waals surface area contributed by atoms with Crippen molar-refractivity contribution in [2.45, 2.75) is 6.61 Å². The Labute approximate surface area is 249 Å². The van der Waals surface area contributed by atoms with Crippen molar-refractivity contribution in [3.8, 4) is 40.0 Å². The summed E-state index contributed by atoms with van der Waals surface area (Å²) in [5.41, 5.74) is 4.26. The highest BCUT2D eigenvalue weighted by molar-refractivity contribution is 14.1. The number of rotatable bonds is 9. The highest BCUT2D eigenvalue weighted by atomic mass is 127. The first-order chi connectivity index (χ1) is 20.0. The van der Waals surface area contributed by atoms with Crippen LogP contribution >= 0.6 is 22.6 Å². The Morgan fingerprint density at radius 1 is 1.00 bits per heavy atom. The van der Waals surface area contributed by atoms with Crippen molar-refractivity contribution in [1.29, 1.82) is 5.26 Å². The Morgan fingerprint density at radius 2 is 1.66 bits per heavy atom. The van der Waals surface area contributed by atoms with Crippen molar-refractivity contribution in [2.24, 2.45) is 4.99 Å². The number of nitro benzene ring substituents is 1. The van der Waals surface area contributed by atoms with Crippen LogP contribution in [0.3, 0.4) is 0 Å². The molecule has 0 aliphatic heterocycles. The zero-order valence-corrected chi connectivity index (χ0v) is 23.9. The lowest BCUT2D eigenvalue weighted by molar-refractivity contribution is -0.384. The average molecular weight is 655 g/mol. The molecule has 0 aliphatic rings. The van der Waals surface area contributed by atoms with E-state index >= 15 is 0 Å². The summed E-state index contributed by atoms with van der Waals surface area (Å²) in [5, 5.41) is 21.0. The molecule has 1 heterocycles. The van der Waals surface area contributed by atoms with Crippen LogP contribution in [0.2, 0.25) is 0 Å². The lowest BCUT2D eigenvalue weighted by atomic mass is 9.98. The van der Waals surface area contributed by atoms with Crippen LogP contribution in [0.5, 0.6) is 11.5 Å². The molecule has 9 heteroatoms. The first kappa shape index (κ1) is 27.6. The third-order valence-corrected chi connectivity index (χ3v) is 7.01. The van der Waals surface area contributed by atoms with E-state index in [1.807, 2.05) is 66.7 Å². The van der Waals surface area contributed by atoms with E-state index in [0.29, 0.717) is 28.4 Å². The molecule has 8 nitrogen and oxygen atoms in total. The minimum atomic E-state index is -0.440. The van der Waals surface area contributed by atoms with Crippen LogP contribution in [-0.4, -0.2) is 18.2 Å². The molecule has 0 N–H and O–H groups in total. The molecule has 0 atom stereocenters. The molecular formula is C32H22IN3O5. The van der Waals surface area contributed by atoms with Crippen LogP contribution in [0.4, 0.5) is 11.6 Å². The van der Waals surface area contributed by atoms with E-state index in [9.17, 15) is 15.4 Å². The number of furan rings is 1. The van der Waals surface area contributed by atoms with Gasteiger partial charge >= 0.3 is 0 Å². The average Bonchev–Trinajstić information content (AvgIpc) is 3.39. The lowest BCUT2D eigenvalue weighted by Crippen LogP contribution is -2.01. The Balaban J connectivity index is 1.46. The number of nitro groups is 1. The molecule has 1 aromatic heterocycles. The van der Waals surface area contributed by atoms with Crippen LogP contribution in [0.1, 0.15) is 16.7 Å². The van der Waals surface area contributed by atoms with Crippen LogP contribution in [0.25, 0.3) is 22.5 Å². The largest absolute Gasteiger partial charge is 0.493 e. The summed E-state index contributed by atoms with van der Waals surface area (Å²) in [6, 6.07) is 31.4. The number of nitriles is 1. The molecule has 5 rings (SSSR count). The molecule has 0 unspecified atom stereocenters. The number of hydrogen-bond donors (Lipinski definition) is 0. The zero-order valence-electron chi connectivity index (χ0n) is 21.8. The molecule has 0 saturated heterocycles. The minimum Gasteiger partial charge on any atom is -0.493 e. The fraction of sp³-hybridized carbons (Fsp3) is 0.0625. The van der Waals surface area contributed by atoms with Crippen molar-refractivity contribution in [2.75, 3.05) is 7.11 Å². The van der Waals surface area contributed by atoms with Crippen LogP contribution in [0, 0.1) is 25.0 Å². The predicted octanol–water partition coefficient (Wildman–Crippen LogP) is 8.34. The molecule has 0 bridgehead atoms. The van der Waals surface area contributed by atoms with Crippen molar-refractivity contribution in [1.82, 2.24) is 0 Å². The van der Waals surface area contributed by atoms with Gasteiger partial charge in [0.1, 0.15) is 24.0 Å². The number of methoxy groups -OCH3 is 1. The van der Waals surface area contributed by atoms with E-state index in [2.05, 4.69) is 33.7 Å². The molecule has 4 aromatic carbocycles. The second-order valence-electron chi connectivity index (χ2n) is 8.83. The third kappa shape index (κ3) is 6.13. The van der Waals surface area contributed by atoms with Gasteiger partial charge in [0.05, 0.1) is 15.6 Å². The molecule has 5 aromatic rings. The quantitative estimate of drug-likeness (QED) is 0.0683.